The van der Waals surface area contributed by atoms with E-state index in [1.807, 2.05) is 18.2 Å². The first-order valence-corrected chi connectivity index (χ1v) is 9.17. The van der Waals surface area contributed by atoms with Crippen LogP contribution in [-0.2, 0) is 15.3 Å². The number of para-hydroxylation sites is 2. The number of benzene rings is 2. The van der Waals surface area contributed by atoms with Gasteiger partial charge in [0.05, 0.1) is 17.1 Å². The molecule has 7 heteroatoms. The first kappa shape index (κ1) is 17.1. The maximum absolute atomic E-state index is 12.5. The number of halogens is 2. The van der Waals surface area contributed by atoms with Crippen molar-refractivity contribution in [3.05, 3.63) is 58.1 Å². The van der Waals surface area contributed by atoms with Crippen LogP contribution in [0, 0.1) is 0 Å². The maximum Gasteiger partial charge on any atom is 0.244 e. The normalized spacial score (nSPS) is 13.4. The Hall–Kier alpha value is -1.69. The number of amides is 2. The Labute approximate surface area is 154 Å². The molecule has 0 bridgehead atoms. The lowest BCUT2D eigenvalue weighted by Gasteiger charge is -2.29. The molecular formula is C17H14Cl2N2O2S. The van der Waals surface area contributed by atoms with Crippen LogP contribution in [0.15, 0.2) is 42.5 Å². The molecule has 1 N–H and O–H groups in total. The third-order valence-corrected chi connectivity index (χ3v) is 5.26. The molecule has 4 nitrogen and oxygen atoms in total. The van der Waals surface area contributed by atoms with Crippen molar-refractivity contribution >= 4 is 58.2 Å². The van der Waals surface area contributed by atoms with Crippen molar-refractivity contribution in [1.82, 2.24) is 0 Å². The zero-order valence-corrected chi connectivity index (χ0v) is 14.9. The summed E-state index contributed by atoms with van der Waals surface area (Å²) in [4.78, 5) is 25.8. The van der Waals surface area contributed by atoms with E-state index in [9.17, 15) is 9.59 Å². The zero-order chi connectivity index (χ0) is 17.1. The fourth-order valence-corrected chi connectivity index (χ4v) is 4.08. The van der Waals surface area contributed by atoms with Crippen LogP contribution < -0.4 is 10.2 Å². The Morgan fingerprint density at radius 2 is 1.83 bits per heavy atom. The van der Waals surface area contributed by atoms with Gasteiger partial charge in [-0.15, -0.1) is 11.8 Å². The Bertz CT molecular complexity index is 778. The standard InChI is InChI=1S/C17H14Cl2N2O2S/c18-12-4-3-5-13(19)11(12)9-24-10-17(23)21-8-16(22)20-14-6-1-2-7-15(14)21/h1-7H,8-10H2,(H,20,22). The molecule has 1 aliphatic heterocycles. The van der Waals surface area contributed by atoms with Crippen LogP contribution >= 0.6 is 35.0 Å². The summed E-state index contributed by atoms with van der Waals surface area (Å²) in [5, 5.41) is 3.94. The molecule has 1 heterocycles. The Kier molecular flexibility index (Phi) is 5.33. The lowest BCUT2D eigenvalue weighted by Crippen LogP contribution is -2.43. The SMILES string of the molecule is O=C1CN(C(=O)CSCc2c(Cl)cccc2Cl)c2ccccc2N1. The molecule has 2 amide bonds. The van der Waals surface area contributed by atoms with Crippen LogP contribution in [0.5, 0.6) is 0 Å². The average Bonchev–Trinajstić information content (AvgIpc) is 2.56. The number of anilines is 2. The number of nitrogens with zero attached hydrogens (tertiary/aromatic N) is 1. The molecule has 124 valence electrons. The molecule has 0 saturated heterocycles. The fourth-order valence-electron chi connectivity index (χ4n) is 2.44. The summed E-state index contributed by atoms with van der Waals surface area (Å²) in [5.41, 5.74) is 2.19. The van der Waals surface area contributed by atoms with Crippen molar-refractivity contribution in [3.8, 4) is 0 Å². The summed E-state index contributed by atoms with van der Waals surface area (Å²) in [7, 11) is 0. The number of fused-ring (bicyclic) bond motifs is 1. The van der Waals surface area contributed by atoms with Crippen molar-refractivity contribution in [2.75, 3.05) is 22.5 Å². The van der Waals surface area contributed by atoms with E-state index < -0.39 is 0 Å². The molecule has 1 aliphatic rings. The van der Waals surface area contributed by atoms with Crippen LogP contribution in [0.1, 0.15) is 5.56 Å². The van der Waals surface area contributed by atoms with Crippen LogP contribution in [0.4, 0.5) is 11.4 Å². The second-order valence-electron chi connectivity index (χ2n) is 5.24. The third kappa shape index (κ3) is 3.69. The van der Waals surface area contributed by atoms with Crippen LogP contribution in [0.2, 0.25) is 10.0 Å². The van der Waals surface area contributed by atoms with Crippen molar-refractivity contribution < 1.29 is 9.59 Å². The van der Waals surface area contributed by atoms with Gasteiger partial charge in [-0.3, -0.25) is 9.59 Å². The minimum Gasteiger partial charge on any atom is -0.323 e. The molecule has 0 saturated carbocycles. The van der Waals surface area contributed by atoms with E-state index in [1.54, 1.807) is 24.3 Å². The van der Waals surface area contributed by atoms with E-state index >= 15 is 0 Å². The predicted octanol–water partition coefficient (Wildman–Crippen LogP) is 4.21. The number of carbonyl (C=O) groups excluding carboxylic acids is 2. The van der Waals surface area contributed by atoms with Crippen molar-refractivity contribution in [3.63, 3.8) is 0 Å². The first-order valence-electron chi connectivity index (χ1n) is 7.26. The summed E-state index contributed by atoms with van der Waals surface area (Å²) in [6.45, 7) is 0.0310. The minimum atomic E-state index is -0.193. The fraction of sp³-hybridized carbons (Fsp3) is 0.176. The molecule has 2 aromatic carbocycles. The number of carbonyl (C=O) groups is 2. The highest BCUT2D eigenvalue weighted by Gasteiger charge is 2.26. The van der Waals surface area contributed by atoms with E-state index in [-0.39, 0.29) is 24.1 Å². The van der Waals surface area contributed by atoms with Gasteiger partial charge in [-0.1, -0.05) is 41.4 Å². The lowest BCUT2D eigenvalue weighted by atomic mass is 10.2. The molecule has 0 atom stereocenters. The van der Waals surface area contributed by atoms with Crippen LogP contribution in [0.25, 0.3) is 0 Å². The second-order valence-corrected chi connectivity index (χ2v) is 7.04. The zero-order valence-electron chi connectivity index (χ0n) is 12.6. The smallest absolute Gasteiger partial charge is 0.244 e. The molecule has 3 rings (SSSR count). The van der Waals surface area contributed by atoms with Crippen LogP contribution in [-0.4, -0.2) is 24.1 Å². The molecule has 0 unspecified atom stereocenters. The topological polar surface area (TPSA) is 49.4 Å². The molecule has 0 aromatic heterocycles. The monoisotopic (exact) mass is 380 g/mol. The van der Waals surface area contributed by atoms with Gasteiger partial charge in [0, 0.05) is 15.8 Å². The van der Waals surface area contributed by atoms with Crippen molar-refractivity contribution in [2.24, 2.45) is 0 Å². The summed E-state index contributed by atoms with van der Waals surface area (Å²) >= 11 is 13.7. The Morgan fingerprint density at radius 3 is 2.58 bits per heavy atom. The lowest BCUT2D eigenvalue weighted by molar-refractivity contribution is -0.120. The molecular weight excluding hydrogens is 367 g/mol. The van der Waals surface area contributed by atoms with E-state index in [4.69, 9.17) is 23.2 Å². The highest BCUT2D eigenvalue weighted by molar-refractivity contribution is 7.99. The van der Waals surface area contributed by atoms with Gasteiger partial charge in [0.25, 0.3) is 0 Å². The average molecular weight is 381 g/mol. The van der Waals surface area contributed by atoms with Crippen LogP contribution in [0.3, 0.4) is 0 Å². The van der Waals surface area contributed by atoms with E-state index in [1.165, 1.54) is 16.7 Å². The maximum atomic E-state index is 12.5. The van der Waals surface area contributed by atoms with E-state index in [0.717, 1.165) is 11.3 Å². The Balaban J connectivity index is 1.67. The molecule has 0 aliphatic carbocycles. The Morgan fingerprint density at radius 1 is 1.12 bits per heavy atom. The summed E-state index contributed by atoms with van der Waals surface area (Å²) in [6, 6.07) is 12.6. The minimum absolute atomic E-state index is 0.0310. The number of hydrogen-bond acceptors (Lipinski definition) is 3. The highest BCUT2D eigenvalue weighted by atomic mass is 35.5. The molecule has 0 fully saturated rings. The van der Waals surface area contributed by atoms with Gasteiger partial charge >= 0.3 is 0 Å². The van der Waals surface area contributed by atoms with Gasteiger partial charge < -0.3 is 10.2 Å². The molecule has 2 aromatic rings. The number of nitrogens with one attached hydrogen (secondary N) is 1. The predicted molar refractivity (Wildman–Crippen MR) is 100 cm³/mol. The van der Waals surface area contributed by atoms with E-state index in [0.29, 0.717) is 21.5 Å². The van der Waals surface area contributed by atoms with Gasteiger partial charge in [-0.2, -0.15) is 0 Å². The van der Waals surface area contributed by atoms with Gasteiger partial charge in [0.1, 0.15) is 6.54 Å². The quantitative estimate of drug-likeness (QED) is 0.863. The summed E-state index contributed by atoms with van der Waals surface area (Å²) in [6.07, 6.45) is 0. The largest absolute Gasteiger partial charge is 0.323 e. The molecule has 0 spiro atoms. The first-order chi connectivity index (χ1) is 11.6. The van der Waals surface area contributed by atoms with Crippen molar-refractivity contribution in [2.45, 2.75) is 5.75 Å². The second kappa shape index (κ2) is 7.47. The summed E-state index contributed by atoms with van der Waals surface area (Å²) < 4.78 is 0. The third-order valence-electron chi connectivity index (χ3n) is 3.61. The number of thioether (sulfide) groups is 1. The molecule has 24 heavy (non-hydrogen) atoms. The van der Waals surface area contributed by atoms with E-state index in [2.05, 4.69) is 5.32 Å². The highest BCUT2D eigenvalue weighted by Crippen LogP contribution is 2.31. The van der Waals surface area contributed by atoms with Gasteiger partial charge in [0.15, 0.2) is 0 Å². The van der Waals surface area contributed by atoms with Crippen molar-refractivity contribution in [1.29, 1.82) is 0 Å². The van der Waals surface area contributed by atoms with Gasteiger partial charge in [-0.05, 0) is 29.8 Å². The van der Waals surface area contributed by atoms with Gasteiger partial charge in [-0.25, -0.2) is 0 Å². The van der Waals surface area contributed by atoms with Gasteiger partial charge in [0.2, 0.25) is 11.8 Å². The number of hydrogen-bond donors (Lipinski definition) is 1. The number of rotatable bonds is 4. The summed E-state index contributed by atoms with van der Waals surface area (Å²) in [5.74, 6) is 0.460. The molecule has 0 radical (unpaired) electrons.